The molecule has 1 fully saturated rings. The molecule has 0 amide bonds. The van der Waals surface area contributed by atoms with E-state index in [0.29, 0.717) is 12.8 Å². The molecule has 3 nitrogen and oxygen atoms in total. The minimum Gasteiger partial charge on any atom is -0.481 e. The molecule has 2 N–H and O–H groups in total. The fourth-order valence-corrected chi connectivity index (χ4v) is 3.63. The van der Waals surface area contributed by atoms with Crippen molar-refractivity contribution in [1.82, 2.24) is 0 Å². The number of carboxylic acid groups (broad SMARTS) is 1. The van der Waals surface area contributed by atoms with Crippen LogP contribution in [0.25, 0.3) is 0 Å². The lowest BCUT2D eigenvalue weighted by molar-refractivity contribution is -0.148. The first kappa shape index (κ1) is 12.1. The molecule has 1 atom stereocenters. The van der Waals surface area contributed by atoms with Crippen molar-refractivity contribution < 1.29 is 15.0 Å². The Morgan fingerprint density at radius 3 is 2.83 bits per heavy atom. The molecular formula is C14H16O3S. The third kappa shape index (κ3) is 1.84. The molecule has 1 aromatic carbocycles. The van der Waals surface area contributed by atoms with Gasteiger partial charge in [0, 0.05) is 4.90 Å². The maximum atomic E-state index is 11.2. The Labute approximate surface area is 110 Å². The van der Waals surface area contributed by atoms with E-state index >= 15 is 0 Å². The maximum absolute atomic E-state index is 11.2. The van der Waals surface area contributed by atoms with Crippen LogP contribution in [0.4, 0.5) is 0 Å². The van der Waals surface area contributed by atoms with Gasteiger partial charge in [0.05, 0.1) is 11.5 Å². The highest BCUT2D eigenvalue weighted by Gasteiger charge is 2.56. The molecule has 0 spiro atoms. The first-order valence-electron chi connectivity index (χ1n) is 6.30. The second-order valence-corrected chi connectivity index (χ2v) is 6.32. The zero-order chi connectivity index (χ0) is 12.8. The first-order valence-corrected chi connectivity index (χ1v) is 7.29. The Bertz CT molecular complexity index is 494. The number of carbonyl (C=O) groups is 1. The highest BCUT2D eigenvalue weighted by molar-refractivity contribution is 7.99. The van der Waals surface area contributed by atoms with Crippen LogP contribution < -0.4 is 0 Å². The van der Waals surface area contributed by atoms with Crippen molar-refractivity contribution in [3.8, 4) is 0 Å². The lowest BCUT2D eigenvalue weighted by Crippen LogP contribution is -2.23. The summed E-state index contributed by atoms with van der Waals surface area (Å²) in [6.07, 6.45) is 2.47. The lowest BCUT2D eigenvalue weighted by Gasteiger charge is -2.21. The summed E-state index contributed by atoms with van der Waals surface area (Å²) in [5.41, 5.74) is 1.09. The molecule has 0 saturated heterocycles. The van der Waals surface area contributed by atoms with Gasteiger partial charge in [0.25, 0.3) is 0 Å². The number of rotatable bonds is 3. The standard InChI is InChI=1S/C14H16O3S/c15-12(14(5-6-14)13(16)17)10-3-4-11-9(8-10)2-1-7-18-11/h3-4,8,12,15H,1-2,5-7H2,(H,16,17). The van der Waals surface area contributed by atoms with Crippen LogP contribution in [0.1, 0.15) is 36.5 Å². The fraction of sp³-hybridized carbons (Fsp3) is 0.500. The van der Waals surface area contributed by atoms with Crippen molar-refractivity contribution >= 4 is 17.7 Å². The van der Waals surface area contributed by atoms with Crippen molar-refractivity contribution in [2.24, 2.45) is 5.41 Å². The summed E-state index contributed by atoms with van der Waals surface area (Å²) in [4.78, 5) is 12.5. The number of hydrogen-bond donors (Lipinski definition) is 2. The van der Waals surface area contributed by atoms with Gasteiger partial charge in [-0.15, -0.1) is 11.8 Å². The van der Waals surface area contributed by atoms with Crippen molar-refractivity contribution in [2.75, 3.05) is 5.75 Å². The number of thioether (sulfide) groups is 1. The van der Waals surface area contributed by atoms with E-state index in [4.69, 9.17) is 0 Å². The second kappa shape index (κ2) is 4.28. The van der Waals surface area contributed by atoms with E-state index in [0.717, 1.165) is 24.2 Å². The molecule has 2 aliphatic rings. The molecule has 0 radical (unpaired) electrons. The predicted molar refractivity (Wildman–Crippen MR) is 69.7 cm³/mol. The number of benzene rings is 1. The van der Waals surface area contributed by atoms with Gasteiger partial charge in [-0.25, -0.2) is 0 Å². The second-order valence-electron chi connectivity index (χ2n) is 5.18. The molecule has 1 aliphatic heterocycles. The Morgan fingerprint density at radius 2 is 2.17 bits per heavy atom. The zero-order valence-corrected chi connectivity index (χ0v) is 10.9. The monoisotopic (exact) mass is 264 g/mol. The van der Waals surface area contributed by atoms with Crippen molar-refractivity contribution in [2.45, 2.75) is 36.7 Å². The number of carboxylic acids is 1. The molecule has 1 aromatic rings. The molecule has 4 heteroatoms. The van der Waals surface area contributed by atoms with Gasteiger partial charge in [-0.3, -0.25) is 4.79 Å². The predicted octanol–water partition coefficient (Wildman–Crippen LogP) is 2.62. The fourth-order valence-electron chi connectivity index (χ4n) is 2.61. The highest BCUT2D eigenvalue weighted by atomic mass is 32.2. The number of hydrogen-bond acceptors (Lipinski definition) is 3. The van der Waals surface area contributed by atoms with Gasteiger partial charge >= 0.3 is 5.97 Å². The van der Waals surface area contributed by atoms with Crippen LogP contribution in [-0.4, -0.2) is 21.9 Å². The SMILES string of the molecule is O=C(O)C1(C(O)c2ccc3c(c2)CCCS3)CC1. The van der Waals surface area contributed by atoms with Gasteiger partial charge in [0.2, 0.25) is 0 Å². The summed E-state index contributed by atoms with van der Waals surface area (Å²) in [5, 5.41) is 19.5. The molecule has 1 saturated carbocycles. The average Bonchev–Trinajstić information content (AvgIpc) is 3.19. The Hall–Kier alpha value is -1.00. The molecular weight excluding hydrogens is 248 g/mol. The largest absolute Gasteiger partial charge is 0.481 e. The quantitative estimate of drug-likeness (QED) is 0.881. The maximum Gasteiger partial charge on any atom is 0.312 e. The van der Waals surface area contributed by atoms with E-state index in [1.54, 1.807) is 0 Å². The summed E-state index contributed by atoms with van der Waals surface area (Å²) in [6.45, 7) is 0. The van der Waals surface area contributed by atoms with Crippen molar-refractivity contribution in [3.05, 3.63) is 29.3 Å². The molecule has 1 heterocycles. The van der Waals surface area contributed by atoms with Crippen LogP contribution in [0.2, 0.25) is 0 Å². The number of fused-ring (bicyclic) bond motifs is 1. The Morgan fingerprint density at radius 1 is 1.39 bits per heavy atom. The van der Waals surface area contributed by atoms with E-state index in [2.05, 4.69) is 0 Å². The molecule has 18 heavy (non-hydrogen) atoms. The normalized spacial score (nSPS) is 22.1. The van der Waals surface area contributed by atoms with Crippen LogP contribution in [0.5, 0.6) is 0 Å². The van der Waals surface area contributed by atoms with Gasteiger partial charge < -0.3 is 10.2 Å². The van der Waals surface area contributed by atoms with Gasteiger partial charge in [0.1, 0.15) is 0 Å². The first-order chi connectivity index (χ1) is 8.63. The third-order valence-electron chi connectivity index (χ3n) is 3.99. The summed E-state index contributed by atoms with van der Waals surface area (Å²) in [5.74, 6) is 0.274. The number of aliphatic hydroxyl groups is 1. The van der Waals surface area contributed by atoms with Crippen LogP contribution >= 0.6 is 11.8 Å². The zero-order valence-electron chi connectivity index (χ0n) is 10.1. The molecule has 96 valence electrons. The van der Waals surface area contributed by atoms with Gasteiger partial charge in [0.15, 0.2) is 0 Å². The Kier molecular flexibility index (Phi) is 2.87. The number of aliphatic carboxylic acids is 1. The van der Waals surface area contributed by atoms with E-state index in [1.807, 2.05) is 30.0 Å². The smallest absolute Gasteiger partial charge is 0.312 e. The van der Waals surface area contributed by atoms with Gasteiger partial charge in [-0.2, -0.15) is 0 Å². The molecule has 1 unspecified atom stereocenters. The lowest BCUT2D eigenvalue weighted by atomic mass is 9.91. The molecule has 0 bridgehead atoms. The molecule has 1 aliphatic carbocycles. The van der Waals surface area contributed by atoms with E-state index < -0.39 is 17.5 Å². The Balaban J connectivity index is 1.91. The summed E-state index contributed by atoms with van der Waals surface area (Å²) < 4.78 is 0. The van der Waals surface area contributed by atoms with Crippen LogP contribution in [-0.2, 0) is 11.2 Å². The summed E-state index contributed by atoms with van der Waals surface area (Å²) in [6, 6.07) is 5.90. The third-order valence-corrected chi connectivity index (χ3v) is 5.19. The summed E-state index contributed by atoms with van der Waals surface area (Å²) in [7, 11) is 0. The minimum absolute atomic E-state index is 0.579. The minimum atomic E-state index is -0.921. The van der Waals surface area contributed by atoms with Crippen molar-refractivity contribution in [1.29, 1.82) is 0 Å². The van der Waals surface area contributed by atoms with E-state index in [9.17, 15) is 15.0 Å². The topological polar surface area (TPSA) is 57.5 Å². The van der Waals surface area contributed by atoms with Crippen LogP contribution in [0.15, 0.2) is 23.1 Å². The van der Waals surface area contributed by atoms with Gasteiger partial charge in [-0.05, 0) is 48.6 Å². The van der Waals surface area contributed by atoms with Crippen LogP contribution in [0, 0.1) is 5.41 Å². The van der Waals surface area contributed by atoms with E-state index in [1.165, 1.54) is 10.5 Å². The van der Waals surface area contributed by atoms with Crippen molar-refractivity contribution in [3.63, 3.8) is 0 Å². The van der Waals surface area contributed by atoms with Crippen LogP contribution in [0.3, 0.4) is 0 Å². The van der Waals surface area contributed by atoms with Gasteiger partial charge in [-0.1, -0.05) is 12.1 Å². The number of aryl methyl sites for hydroxylation is 1. The summed E-state index contributed by atoms with van der Waals surface area (Å²) >= 11 is 1.84. The molecule has 0 aromatic heterocycles. The molecule has 3 rings (SSSR count). The van der Waals surface area contributed by atoms with E-state index in [-0.39, 0.29) is 0 Å². The highest BCUT2D eigenvalue weighted by Crippen LogP contribution is 2.55. The number of aliphatic hydroxyl groups excluding tert-OH is 1. The average molecular weight is 264 g/mol.